The van der Waals surface area contributed by atoms with Crippen LogP contribution in [-0.4, -0.2) is 6.54 Å². The van der Waals surface area contributed by atoms with E-state index in [0.717, 1.165) is 41.6 Å². The van der Waals surface area contributed by atoms with Gasteiger partial charge in [0.15, 0.2) is 0 Å². The van der Waals surface area contributed by atoms with E-state index in [2.05, 4.69) is 11.4 Å². The van der Waals surface area contributed by atoms with Gasteiger partial charge in [-0.25, -0.2) is 0 Å². The Morgan fingerprint density at radius 1 is 0.800 bits per heavy atom. The SMILES string of the molecule is Clc1ccc(Cl)c(CCNCc2cccc(Oc3ccccc3)c2)c1. The van der Waals surface area contributed by atoms with E-state index in [1.807, 2.05) is 60.7 Å². The summed E-state index contributed by atoms with van der Waals surface area (Å²) in [5.41, 5.74) is 2.23. The molecule has 0 radical (unpaired) electrons. The summed E-state index contributed by atoms with van der Waals surface area (Å²) in [7, 11) is 0. The van der Waals surface area contributed by atoms with Gasteiger partial charge in [-0.3, -0.25) is 0 Å². The summed E-state index contributed by atoms with van der Waals surface area (Å²) in [6, 6.07) is 23.4. The first-order valence-corrected chi connectivity index (χ1v) is 8.93. The maximum absolute atomic E-state index is 6.19. The second kappa shape index (κ2) is 8.91. The average molecular weight is 372 g/mol. The summed E-state index contributed by atoms with van der Waals surface area (Å²) in [4.78, 5) is 0. The number of para-hydroxylation sites is 1. The van der Waals surface area contributed by atoms with E-state index in [4.69, 9.17) is 27.9 Å². The molecule has 0 saturated heterocycles. The molecular weight excluding hydrogens is 353 g/mol. The van der Waals surface area contributed by atoms with Crippen molar-refractivity contribution in [3.63, 3.8) is 0 Å². The lowest BCUT2D eigenvalue weighted by molar-refractivity contribution is 0.481. The lowest BCUT2D eigenvalue weighted by Crippen LogP contribution is -2.16. The van der Waals surface area contributed by atoms with Crippen molar-refractivity contribution in [1.29, 1.82) is 0 Å². The Morgan fingerprint density at radius 2 is 1.60 bits per heavy atom. The molecule has 25 heavy (non-hydrogen) atoms. The van der Waals surface area contributed by atoms with Gasteiger partial charge in [0, 0.05) is 16.6 Å². The highest BCUT2D eigenvalue weighted by Gasteiger charge is 2.02. The molecule has 0 atom stereocenters. The molecule has 3 aromatic carbocycles. The summed E-state index contributed by atoms with van der Waals surface area (Å²) in [5.74, 6) is 1.67. The summed E-state index contributed by atoms with van der Waals surface area (Å²) < 4.78 is 5.86. The average Bonchev–Trinajstić information content (AvgIpc) is 2.63. The van der Waals surface area contributed by atoms with Crippen LogP contribution in [0.2, 0.25) is 10.0 Å². The van der Waals surface area contributed by atoms with Crippen LogP contribution in [0.3, 0.4) is 0 Å². The number of halogens is 2. The van der Waals surface area contributed by atoms with E-state index in [1.165, 1.54) is 5.56 Å². The van der Waals surface area contributed by atoms with E-state index in [0.29, 0.717) is 5.02 Å². The molecular formula is C21H19Cl2NO. The van der Waals surface area contributed by atoms with Crippen LogP contribution in [0, 0.1) is 0 Å². The Balaban J connectivity index is 1.51. The highest BCUT2D eigenvalue weighted by atomic mass is 35.5. The van der Waals surface area contributed by atoms with Gasteiger partial charge < -0.3 is 10.1 Å². The lowest BCUT2D eigenvalue weighted by atomic mass is 10.1. The maximum Gasteiger partial charge on any atom is 0.127 e. The van der Waals surface area contributed by atoms with Gasteiger partial charge in [-0.15, -0.1) is 0 Å². The number of ether oxygens (including phenoxy) is 1. The molecule has 2 nitrogen and oxygen atoms in total. The predicted octanol–water partition coefficient (Wildman–Crippen LogP) is 6.12. The zero-order valence-corrected chi connectivity index (χ0v) is 15.2. The van der Waals surface area contributed by atoms with E-state index >= 15 is 0 Å². The molecule has 0 saturated carbocycles. The molecule has 0 bridgehead atoms. The number of nitrogens with one attached hydrogen (secondary N) is 1. The first kappa shape index (κ1) is 17.8. The van der Waals surface area contributed by atoms with Crippen molar-refractivity contribution in [3.05, 3.63) is 94.0 Å². The van der Waals surface area contributed by atoms with Crippen LogP contribution >= 0.6 is 23.2 Å². The Bertz CT molecular complexity index is 821. The molecule has 0 spiro atoms. The fourth-order valence-electron chi connectivity index (χ4n) is 2.53. The van der Waals surface area contributed by atoms with Crippen LogP contribution in [0.5, 0.6) is 11.5 Å². The highest BCUT2D eigenvalue weighted by molar-refractivity contribution is 6.33. The van der Waals surface area contributed by atoms with Gasteiger partial charge in [0.25, 0.3) is 0 Å². The zero-order chi connectivity index (χ0) is 17.5. The fourth-order valence-corrected chi connectivity index (χ4v) is 2.94. The fraction of sp³-hybridized carbons (Fsp3) is 0.143. The molecule has 0 aliphatic heterocycles. The van der Waals surface area contributed by atoms with E-state index < -0.39 is 0 Å². The molecule has 128 valence electrons. The van der Waals surface area contributed by atoms with E-state index in [1.54, 1.807) is 6.07 Å². The van der Waals surface area contributed by atoms with Crippen molar-refractivity contribution >= 4 is 23.2 Å². The van der Waals surface area contributed by atoms with Crippen LogP contribution in [0.25, 0.3) is 0 Å². The topological polar surface area (TPSA) is 21.3 Å². The quantitative estimate of drug-likeness (QED) is 0.505. The van der Waals surface area contributed by atoms with Gasteiger partial charge in [-0.1, -0.05) is 53.5 Å². The van der Waals surface area contributed by atoms with E-state index in [9.17, 15) is 0 Å². The van der Waals surface area contributed by atoms with Gasteiger partial charge >= 0.3 is 0 Å². The second-order valence-corrected chi connectivity index (χ2v) is 6.57. The normalized spacial score (nSPS) is 10.6. The van der Waals surface area contributed by atoms with Gasteiger partial charge in [0.05, 0.1) is 0 Å². The highest BCUT2D eigenvalue weighted by Crippen LogP contribution is 2.22. The van der Waals surface area contributed by atoms with Crippen LogP contribution < -0.4 is 10.1 Å². The number of hydrogen-bond acceptors (Lipinski definition) is 2. The summed E-state index contributed by atoms with van der Waals surface area (Å²) in [6.07, 6.45) is 0.833. The smallest absolute Gasteiger partial charge is 0.127 e. The third-order valence-corrected chi connectivity index (χ3v) is 4.39. The van der Waals surface area contributed by atoms with Crippen LogP contribution in [-0.2, 0) is 13.0 Å². The molecule has 0 aliphatic rings. The molecule has 0 fully saturated rings. The Labute approximate surface area is 158 Å². The van der Waals surface area contributed by atoms with Crippen molar-refractivity contribution in [2.75, 3.05) is 6.54 Å². The molecule has 1 N–H and O–H groups in total. The van der Waals surface area contributed by atoms with Crippen LogP contribution in [0.4, 0.5) is 0 Å². The number of rotatable bonds is 7. The Hall–Kier alpha value is -2.00. The van der Waals surface area contributed by atoms with Gasteiger partial charge in [0.2, 0.25) is 0 Å². The van der Waals surface area contributed by atoms with E-state index in [-0.39, 0.29) is 0 Å². The summed E-state index contributed by atoms with van der Waals surface area (Å²) in [5, 5.41) is 4.90. The molecule has 0 unspecified atom stereocenters. The Kier molecular flexibility index (Phi) is 6.35. The third-order valence-electron chi connectivity index (χ3n) is 3.79. The van der Waals surface area contributed by atoms with Crippen molar-refractivity contribution in [2.45, 2.75) is 13.0 Å². The van der Waals surface area contributed by atoms with Crippen LogP contribution in [0.1, 0.15) is 11.1 Å². The monoisotopic (exact) mass is 371 g/mol. The first-order valence-electron chi connectivity index (χ1n) is 8.17. The minimum absolute atomic E-state index is 0.713. The van der Waals surface area contributed by atoms with Gasteiger partial charge in [-0.05, 0) is 66.6 Å². The van der Waals surface area contributed by atoms with Crippen LogP contribution in [0.15, 0.2) is 72.8 Å². The zero-order valence-electron chi connectivity index (χ0n) is 13.7. The lowest BCUT2D eigenvalue weighted by Gasteiger charge is -2.09. The molecule has 4 heteroatoms. The molecule has 0 heterocycles. The van der Waals surface area contributed by atoms with Crippen molar-refractivity contribution in [3.8, 4) is 11.5 Å². The standard InChI is InChI=1S/C21H19Cl2NO/c22-18-9-10-21(23)17(14-18)11-12-24-15-16-5-4-8-20(13-16)25-19-6-2-1-3-7-19/h1-10,13-14,24H,11-12,15H2. The molecule has 3 rings (SSSR count). The maximum atomic E-state index is 6.19. The first-order chi connectivity index (χ1) is 12.2. The summed E-state index contributed by atoms with van der Waals surface area (Å²) >= 11 is 12.2. The Morgan fingerprint density at radius 3 is 2.44 bits per heavy atom. The van der Waals surface area contributed by atoms with Crippen molar-refractivity contribution in [2.24, 2.45) is 0 Å². The summed E-state index contributed by atoms with van der Waals surface area (Å²) in [6.45, 7) is 1.59. The minimum atomic E-state index is 0.713. The molecule has 0 amide bonds. The molecule has 0 aliphatic carbocycles. The number of hydrogen-bond donors (Lipinski definition) is 1. The van der Waals surface area contributed by atoms with Gasteiger partial charge in [0.1, 0.15) is 11.5 Å². The van der Waals surface area contributed by atoms with Crippen molar-refractivity contribution < 1.29 is 4.74 Å². The molecule has 3 aromatic rings. The van der Waals surface area contributed by atoms with Crippen molar-refractivity contribution in [1.82, 2.24) is 5.32 Å². The molecule has 0 aromatic heterocycles. The predicted molar refractivity (Wildman–Crippen MR) is 105 cm³/mol. The van der Waals surface area contributed by atoms with Gasteiger partial charge in [-0.2, -0.15) is 0 Å². The third kappa shape index (κ3) is 5.50. The largest absolute Gasteiger partial charge is 0.457 e. The minimum Gasteiger partial charge on any atom is -0.457 e. The number of benzene rings is 3. The second-order valence-electron chi connectivity index (χ2n) is 5.73.